The van der Waals surface area contributed by atoms with Gasteiger partial charge in [0.1, 0.15) is 0 Å². The van der Waals surface area contributed by atoms with Crippen molar-refractivity contribution in [3.8, 4) is 0 Å². The highest BCUT2D eigenvalue weighted by molar-refractivity contribution is 5.82. The summed E-state index contributed by atoms with van der Waals surface area (Å²) in [5.74, 6) is 0.717. The first-order valence-electron chi connectivity index (χ1n) is 8.98. The van der Waals surface area contributed by atoms with E-state index in [2.05, 4.69) is 91.5 Å². The molecule has 3 aromatic carbocycles. The fourth-order valence-electron chi connectivity index (χ4n) is 3.19. The number of benzene rings is 3. The monoisotopic (exact) mass is 317 g/mol. The maximum absolute atomic E-state index is 2.58. The van der Waals surface area contributed by atoms with Crippen molar-refractivity contribution in [2.45, 2.75) is 33.4 Å². The number of fused-ring (bicyclic) bond motifs is 1. The second-order valence-electron chi connectivity index (χ2n) is 6.85. The van der Waals surface area contributed by atoms with Gasteiger partial charge in [-0.3, -0.25) is 4.90 Å². The fraction of sp³-hybridized carbons (Fsp3) is 0.304. The molecule has 0 fully saturated rings. The summed E-state index contributed by atoms with van der Waals surface area (Å²) >= 11 is 0. The van der Waals surface area contributed by atoms with Crippen molar-refractivity contribution in [2.75, 3.05) is 6.54 Å². The molecule has 0 aliphatic rings. The van der Waals surface area contributed by atoms with E-state index in [0.29, 0.717) is 5.92 Å². The Morgan fingerprint density at radius 1 is 0.750 bits per heavy atom. The van der Waals surface area contributed by atoms with E-state index in [1.165, 1.54) is 28.3 Å². The summed E-state index contributed by atoms with van der Waals surface area (Å²) in [6, 6.07) is 26.3. The first-order chi connectivity index (χ1) is 11.7. The molecule has 1 nitrogen and oxygen atoms in total. The Morgan fingerprint density at radius 2 is 1.42 bits per heavy atom. The molecule has 3 aromatic rings. The second-order valence-corrected chi connectivity index (χ2v) is 6.85. The van der Waals surface area contributed by atoms with Crippen LogP contribution in [0.4, 0.5) is 0 Å². The highest BCUT2D eigenvalue weighted by atomic mass is 15.1. The van der Waals surface area contributed by atoms with Gasteiger partial charge in [-0.05, 0) is 33.9 Å². The lowest BCUT2D eigenvalue weighted by atomic mass is 10.0. The minimum Gasteiger partial charge on any atom is -0.295 e. The zero-order valence-electron chi connectivity index (χ0n) is 14.8. The van der Waals surface area contributed by atoms with Crippen LogP contribution in [0.25, 0.3) is 10.8 Å². The zero-order chi connectivity index (χ0) is 16.8. The summed E-state index contributed by atoms with van der Waals surface area (Å²) < 4.78 is 0. The third-order valence-electron chi connectivity index (χ3n) is 4.74. The molecular formula is C23H27N. The normalized spacial score (nSPS) is 12.6. The van der Waals surface area contributed by atoms with Gasteiger partial charge in [0.05, 0.1) is 0 Å². The van der Waals surface area contributed by atoms with Crippen molar-refractivity contribution < 1.29 is 0 Å². The van der Waals surface area contributed by atoms with E-state index in [9.17, 15) is 0 Å². The third kappa shape index (κ3) is 4.46. The summed E-state index contributed by atoms with van der Waals surface area (Å²) in [6.45, 7) is 7.78. The molecule has 124 valence electrons. The number of rotatable bonds is 7. The minimum atomic E-state index is 0.717. The number of hydrogen-bond acceptors (Lipinski definition) is 1. The minimum absolute atomic E-state index is 0.717. The SMILES string of the molecule is CCC(C)CN(Cc1ccccc1)Cc1ccc2ccccc2c1. The summed E-state index contributed by atoms with van der Waals surface area (Å²) in [6.07, 6.45) is 1.23. The second kappa shape index (κ2) is 8.12. The van der Waals surface area contributed by atoms with Crippen LogP contribution in [-0.4, -0.2) is 11.4 Å². The molecule has 3 rings (SSSR count). The van der Waals surface area contributed by atoms with Gasteiger partial charge in [-0.2, -0.15) is 0 Å². The van der Waals surface area contributed by atoms with E-state index >= 15 is 0 Å². The first kappa shape index (κ1) is 16.7. The van der Waals surface area contributed by atoms with E-state index in [0.717, 1.165) is 19.6 Å². The average Bonchev–Trinajstić information content (AvgIpc) is 2.62. The van der Waals surface area contributed by atoms with Crippen LogP contribution in [0.1, 0.15) is 31.4 Å². The van der Waals surface area contributed by atoms with E-state index in [-0.39, 0.29) is 0 Å². The van der Waals surface area contributed by atoms with Gasteiger partial charge in [0.15, 0.2) is 0 Å². The van der Waals surface area contributed by atoms with E-state index in [4.69, 9.17) is 0 Å². The molecule has 1 unspecified atom stereocenters. The molecule has 0 bridgehead atoms. The molecule has 0 aliphatic carbocycles. The Balaban J connectivity index is 1.78. The lowest BCUT2D eigenvalue weighted by Gasteiger charge is -2.25. The summed E-state index contributed by atoms with van der Waals surface area (Å²) in [5.41, 5.74) is 2.79. The van der Waals surface area contributed by atoms with Crippen LogP contribution in [0.15, 0.2) is 72.8 Å². The maximum Gasteiger partial charge on any atom is 0.0237 e. The molecule has 0 heterocycles. The van der Waals surface area contributed by atoms with E-state index < -0.39 is 0 Å². The Kier molecular flexibility index (Phi) is 5.66. The lowest BCUT2D eigenvalue weighted by molar-refractivity contribution is 0.218. The van der Waals surface area contributed by atoms with Crippen molar-refractivity contribution >= 4 is 10.8 Å². The Bertz CT molecular complexity index is 763. The van der Waals surface area contributed by atoms with E-state index in [1.54, 1.807) is 0 Å². The van der Waals surface area contributed by atoms with Crippen LogP contribution in [0.3, 0.4) is 0 Å². The largest absolute Gasteiger partial charge is 0.295 e. The lowest BCUT2D eigenvalue weighted by Crippen LogP contribution is -2.27. The van der Waals surface area contributed by atoms with Crippen molar-refractivity contribution in [1.82, 2.24) is 4.90 Å². The Morgan fingerprint density at radius 3 is 2.17 bits per heavy atom. The van der Waals surface area contributed by atoms with Crippen molar-refractivity contribution in [3.63, 3.8) is 0 Å². The van der Waals surface area contributed by atoms with Gasteiger partial charge in [-0.1, -0.05) is 87.0 Å². The average molecular weight is 317 g/mol. The quantitative estimate of drug-likeness (QED) is 0.525. The molecule has 0 saturated heterocycles. The molecule has 0 spiro atoms. The van der Waals surface area contributed by atoms with Gasteiger partial charge in [0.25, 0.3) is 0 Å². The van der Waals surface area contributed by atoms with Gasteiger partial charge in [-0.15, -0.1) is 0 Å². The molecule has 0 saturated carbocycles. The molecular weight excluding hydrogens is 290 g/mol. The Hall–Kier alpha value is -2.12. The van der Waals surface area contributed by atoms with Gasteiger partial charge in [0, 0.05) is 19.6 Å². The maximum atomic E-state index is 2.58. The third-order valence-corrected chi connectivity index (χ3v) is 4.74. The fourth-order valence-corrected chi connectivity index (χ4v) is 3.19. The molecule has 1 atom stereocenters. The van der Waals surface area contributed by atoms with Crippen LogP contribution >= 0.6 is 0 Å². The topological polar surface area (TPSA) is 3.24 Å². The standard InChI is InChI=1S/C23H27N/c1-3-19(2)16-24(17-20-9-5-4-6-10-20)18-21-13-14-22-11-7-8-12-23(22)15-21/h4-15,19H,3,16-18H2,1-2H3. The molecule has 1 heteroatoms. The summed E-state index contributed by atoms with van der Waals surface area (Å²) in [5, 5.41) is 2.65. The smallest absolute Gasteiger partial charge is 0.0237 e. The van der Waals surface area contributed by atoms with Crippen LogP contribution in [-0.2, 0) is 13.1 Å². The summed E-state index contributed by atoms with van der Waals surface area (Å²) in [4.78, 5) is 2.58. The molecule has 0 aliphatic heterocycles. The van der Waals surface area contributed by atoms with Crippen molar-refractivity contribution in [2.24, 2.45) is 5.92 Å². The van der Waals surface area contributed by atoms with Crippen molar-refractivity contribution in [1.29, 1.82) is 0 Å². The van der Waals surface area contributed by atoms with Crippen molar-refractivity contribution in [3.05, 3.63) is 83.9 Å². The predicted octanol–water partition coefficient (Wildman–Crippen LogP) is 5.89. The van der Waals surface area contributed by atoms with Crippen LogP contribution < -0.4 is 0 Å². The molecule has 24 heavy (non-hydrogen) atoms. The van der Waals surface area contributed by atoms with Gasteiger partial charge < -0.3 is 0 Å². The molecule has 0 radical (unpaired) electrons. The van der Waals surface area contributed by atoms with Crippen LogP contribution in [0, 0.1) is 5.92 Å². The predicted molar refractivity (Wildman–Crippen MR) is 104 cm³/mol. The van der Waals surface area contributed by atoms with Gasteiger partial charge in [-0.25, -0.2) is 0 Å². The van der Waals surface area contributed by atoms with Gasteiger partial charge in [0.2, 0.25) is 0 Å². The Labute approximate surface area is 145 Å². The molecule has 0 N–H and O–H groups in total. The highest BCUT2D eigenvalue weighted by Crippen LogP contribution is 2.19. The molecule has 0 aromatic heterocycles. The van der Waals surface area contributed by atoms with Gasteiger partial charge >= 0.3 is 0 Å². The van der Waals surface area contributed by atoms with Crippen LogP contribution in [0.2, 0.25) is 0 Å². The first-order valence-corrected chi connectivity index (χ1v) is 8.98. The highest BCUT2D eigenvalue weighted by Gasteiger charge is 2.11. The molecule has 0 amide bonds. The van der Waals surface area contributed by atoms with Crippen LogP contribution in [0.5, 0.6) is 0 Å². The van der Waals surface area contributed by atoms with E-state index in [1.807, 2.05) is 0 Å². The summed E-state index contributed by atoms with van der Waals surface area (Å²) in [7, 11) is 0. The number of nitrogens with zero attached hydrogens (tertiary/aromatic N) is 1. The number of hydrogen-bond donors (Lipinski definition) is 0. The zero-order valence-corrected chi connectivity index (χ0v) is 14.8.